The number of rotatable bonds is 3. The maximum Gasteiger partial charge on any atom is 0.165 e. The normalized spacial score (nSPS) is 17.1. The predicted molar refractivity (Wildman–Crippen MR) is 96.2 cm³/mol. The zero-order chi connectivity index (χ0) is 17.4. The maximum absolute atomic E-state index is 13.7. The molecule has 3 N–H and O–H groups in total. The number of aromatic nitrogens is 2. The van der Waals surface area contributed by atoms with Crippen LogP contribution in [0, 0.1) is 12.7 Å². The summed E-state index contributed by atoms with van der Waals surface area (Å²) in [6.45, 7) is 3.76. The molecule has 3 aromatic rings. The van der Waals surface area contributed by atoms with Gasteiger partial charge in [0.05, 0.1) is 11.1 Å². The Labute approximate surface area is 144 Å². The van der Waals surface area contributed by atoms with Crippen molar-refractivity contribution in [2.75, 3.05) is 18.4 Å². The van der Waals surface area contributed by atoms with Gasteiger partial charge in [-0.3, -0.25) is 0 Å². The molecule has 1 aromatic heterocycles. The molecule has 0 unspecified atom stereocenters. The number of hydrogen-bond acceptors (Lipinski definition) is 5. The molecule has 0 bridgehead atoms. The highest BCUT2D eigenvalue weighted by molar-refractivity contribution is 5.91. The Hall–Kier alpha value is -2.73. The van der Waals surface area contributed by atoms with Gasteiger partial charge in [-0.05, 0) is 44.2 Å². The first-order chi connectivity index (χ1) is 12.1. The van der Waals surface area contributed by atoms with Gasteiger partial charge in [-0.2, -0.15) is 0 Å². The second-order valence-corrected chi connectivity index (χ2v) is 6.41. The molecule has 0 saturated carbocycles. The highest BCUT2D eigenvalue weighted by Crippen LogP contribution is 2.31. The summed E-state index contributed by atoms with van der Waals surface area (Å²) in [7, 11) is 0. The van der Waals surface area contributed by atoms with Crippen molar-refractivity contribution in [1.29, 1.82) is 0 Å². The van der Waals surface area contributed by atoms with E-state index in [1.807, 2.05) is 19.1 Å². The molecule has 1 fully saturated rings. The van der Waals surface area contributed by atoms with E-state index in [1.165, 1.54) is 12.1 Å². The fraction of sp³-hybridized carbons (Fsp3) is 0.263. The summed E-state index contributed by atoms with van der Waals surface area (Å²) in [5.41, 5.74) is 2.04. The van der Waals surface area contributed by atoms with Crippen LogP contribution in [0.4, 0.5) is 10.2 Å². The van der Waals surface area contributed by atoms with Gasteiger partial charge < -0.3 is 15.7 Å². The molecule has 1 saturated heterocycles. The van der Waals surface area contributed by atoms with E-state index in [4.69, 9.17) is 0 Å². The minimum atomic E-state index is -0.348. The number of fused-ring (bicyclic) bond motifs is 1. The van der Waals surface area contributed by atoms with Crippen molar-refractivity contribution in [3.63, 3.8) is 0 Å². The third kappa shape index (κ3) is 3.13. The van der Waals surface area contributed by atoms with Crippen LogP contribution >= 0.6 is 0 Å². The Morgan fingerprint density at radius 2 is 2.08 bits per heavy atom. The Balaban J connectivity index is 1.88. The molecule has 1 aliphatic rings. The molecule has 2 heterocycles. The smallest absolute Gasteiger partial charge is 0.165 e. The number of nitrogens with zero attached hydrogens (tertiary/aromatic N) is 2. The van der Waals surface area contributed by atoms with Crippen molar-refractivity contribution in [2.24, 2.45) is 0 Å². The number of hydrogen-bond donors (Lipinski definition) is 3. The summed E-state index contributed by atoms with van der Waals surface area (Å²) in [6.07, 6.45) is 0.998. The summed E-state index contributed by atoms with van der Waals surface area (Å²) in [6, 6.07) is 10.0. The first-order valence-electron chi connectivity index (χ1n) is 8.35. The number of anilines is 1. The molecule has 128 valence electrons. The minimum absolute atomic E-state index is 0.106. The lowest BCUT2D eigenvalue weighted by Gasteiger charge is -2.15. The molecule has 0 spiro atoms. The van der Waals surface area contributed by atoms with E-state index < -0.39 is 0 Å². The molecule has 1 aliphatic heterocycles. The van der Waals surface area contributed by atoms with E-state index in [9.17, 15) is 9.50 Å². The zero-order valence-corrected chi connectivity index (χ0v) is 13.9. The van der Waals surface area contributed by atoms with Crippen molar-refractivity contribution in [1.82, 2.24) is 15.3 Å². The lowest BCUT2D eigenvalue weighted by molar-refractivity contribution is 0.477. The molecule has 0 amide bonds. The highest BCUT2D eigenvalue weighted by Gasteiger charge is 2.18. The van der Waals surface area contributed by atoms with Crippen LogP contribution < -0.4 is 10.6 Å². The van der Waals surface area contributed by atoms with Gasteiger partial charge in [0.15, 0.2) is 5.82 Å². The average Bonchev–Trinajstić information content (AvgIpc) is 3.09. The second kappa shape index (κ2) is 6.29. The van der Waals surface area contributed by atoms with Crippen molar-refractivity contribution in [3.05, 3.63) is 47.8 Å². The second-order valence-electron chi connectivity index (χ2n) is 6.41. The number of nitrogens with one attached hydrogen (secondary N) is 2. The fourth-order valence-corrected chi connectivity index (χ4v) is 3.13. The van der Waals surface area contributed by atoms with Crippen LogP contribution in [0.3, 0.4) is 0 Å². The SMILES string of the molecule is Cc1ccc(O)c(-c2nc(N[C@H]3CCNC3)c3ccc(F)cc3n2)c1. The van der Waals surface area contributed by atoms with Crippen LogP contribution in [0.2, 0.25) is 0 Å². The van der Waals surface area contributed by atoms with Gasteiger partial charge in [-0.15, -0.1) is 0 Å². The van der Waals surface area contributed by atoms with E-state index in [2.05, 4.69) is 20.6 Å². The molecular formula is C19H19FN4O. The number of aryl methyl sites for hydroxylation is 1. The lowest BCUT2D eigenvalue weighted by atomic mass is 10.1. The maximum atomic E-state index is 13.7. The van der Waals surface area contributed by atoms with E-state index in [1.54, 1.807) is 12.1 Å². The Bertz CT molecular complexity index is 938. The highest BCUT2D eigenvalue weighted by atomic mass is 19.1. The lowest BCUT2D eigenvalue weighted by Crippen LogP contribution is -2.23. The molecule has 2 aromatic carbocycles. The summed E-state index contributed by atoms with van der Waals surface area (Å²) in [5.74, 6) is 0.802. The summed E-state index contributed by atoms with van der Waals surface area (Å²) in [4.78, 5) is 9.11. The first-order valence-corrected chi connectivity index (χ1v) is 8.35. The van der Waals surface area contributed by atoms with Gasteiger partial charge in [-0.1, -0.05) is 11.6 Å². The van der Waals surface area contributed by atoms with Crippen LogP contribution in [0.5, 0.6) is 5.75 Å². The first kappa shape index (κ1) is 15.8. The van der Waals surface area contributed by atoms with Crippen LogP contribution in [0.15, 0.2) is 36.4 Å². The topological polar surface area (TPSA) is 70.1 Å². The van der Waals surface area contributed by atoms with Crippen LogP contribution in [-0.2, 0) is 0 Å². The van der Waals surface area contributed by atoms with Gasteiger partial charge in [0, 0.05) is 24.0 Å². The molecule has 0 radical (unpaired) electrons. The van der Waals surface area contributed by atoms with Crippen molar-refractivity contribution < 1.29 is 9.50 Å². The van der Waals surface area contributed by atoms with Crippen LogP contribution in [0.25, 0.3) is 22.3 Å². The minimum Gasteiger partial charge on any atom is -0.507 e. The predicted octanol–water partition coefficient (Wildman–Crippen LogP) is 3.22. The number of phenolic OH excluding ortho intramolecular Hbond substituents is 1. The van der Waals surface area contributed by atoms with E-state index in [-0.39, 0.29) is 17.6 Å². The molecule has 1 atom stereocenters. The Morgan fingerprint density at radius 3 is 2.88 bits per heavy atom. The van der Waals surface area contributed by atoms with Crippen molar-refractivity contribution in [2.45, 2.75) is 19.4 Å². The molecule has 25 heavy (non-hydrogen) atoms. The van der Waals surface area contributed by atoms with Crippen molar-refractivity contribution in [3.8, 4) is 17.1 Å². The summed E-state index contributed by atoms with van der Waals surface area (Å²) < 4.78 is 13.7. The van der Waals surface area contributed by atoms with E-state index in [0.717, 1.165) is 30.5 Å². The zero-order valence-electron chi connectivity index (χ0n) is 13.9. The summed E-state index contributed by atoms with van der Waals surface area (Å²) in [5, 5.41) is 17.7. The number of benzene rings is 2. The van der Waals surface area contributed by atoms with Gasteiger partial charge in [0.25, 0.3) is 0 Å². The standard InChI is InChI=1S/C19H19FN4O/c1-11-2-5-17(25)15(8-11)19-23-16-9-12(20)3-4-14(16)18(24-19)22-13-6-7-21-10-13/h2-5,8-9,13,21,25H,6-7,10H2,1H3,(H,22,23,24)/t13-/m0/s1. The Kier molecular flexibility index (Phi) is 3.97. The van der Waals surface area contributed by atoms with E-state index in [0.29, 0.717) is 22.7 Å². The third-order valence-electron chi connectivity index (χ3n) is 4.45. The number of halogens is 1. The molecular weight excluding hydrogens is 319 g/mol. The van der Waals surface area contributed by atoms with Gasteiger partial charge in [0.2, 0.25) is 0 Å². The molecule has 6 heteroatoms. The number of phenols is 1. The average molecular weight is 338 g/mol. The summed E-state index contributed by atoms with van der Waals surface area (Å²) >= 11 is 0. The monoisotopic (exact) mass is 338 g/mol. The molecule has 0 aliphatic carbocycles. The fourth-order valence-electron chi connectivity index (χ4n) is 3.13. The van der Waals surface area contributed by atoms with Crippen LogP contribution in [-0.4, -0.2) is 34.2 Å². The van der Waals surface area contributed by atoms with Crippen LogP contribution in [0.1, 0.15) is 12.0 Å². The van der Waals surface area contributed by atoms with Gasteiger partial charge in [0.1, 0.15) is 17.4 Å². The molecule has 5 nitrogen and oxygen atoms in total. The Morgan fingerprint density at radius 1 is 1.20 bits per heavy atom. The van der Waals surface area contributed by atoms with Gasteiger partial charge >= 0.3 is 0 Å². The third-order valence-corrected chi connectivity index (χ3v) is 4.45. The quantitative estimate of drug-likeness (QED) is 0.684. The van der Waals surface area contributed by atoms with Gasteiger partial charge in [-0.25, -0.2) is 14.4 Å². The molecule has 4 rings (SSSR count). The largest absolute Gasteiger partial charge is 0.507 e. The van der Waals surface area contributed by atoms with Crippen molar-refractivity contribution >= 4 is 16.7 Å². The van der Waals surface area contributed by atoms with E-state index >= 15 is 0 Å². The number of aromatic hydroxyl groups is 1.